The third-order valence-electron chi connectivity index (χ3n) is 2.30. The minimum atomic E-state index is -3.77. The van der Waals surface area contributed by atoms with Crippen LogP contribution in [-0.4, -0.2) is 29.5 Å². The van der Waals surface area contributed by atoms with Crippen molar-refractivity contribution in [2.75, 3.05) is 6.54 Å². The van der Waals surface area contributed by atoms with Gasteiger partial charge in [-0.05, 0) is 0 Å². The summed E-state index contributed by atoms with van der Waals surface area (Å²) in [5, 5.41) is 0. The van der Waals surface area contributed by atoms with Crippen LogP contribution in [-0.2, 0) is 16.6 Å². The van der Waals surface area contributed by atoms with E-state index in [0.717, 1.165) is 0 Å². The third kappa shape index (κ3) is 2.84. The normalized spacial score (nSPS) is 11.6. The molecule has 96 valence electrons. The van der Waals surface area contributed by atoms with Gasteiger partial charge in [0.1, 0.15) is 4.90 Å². The molecule has 0 saturated heterocycles. The third-order valence-corrected chi connectivity index (χ3v) is 3.78. The van der Waals surface area contributed by atoms with Crippen LogP contribution in [0.3, 0.4) is 0 Å². The van der Waals surface area contributed by atoms with Crippen molar-refractivity contribution in [1.82, 2.24) is 19.3 Å². The molecule has 7 nitrogen and oxygen atoms in total. The molecule has 0 aliphatic rings. The highest BCUT2D eigenvalue weighted by Gasteiger charge is 2.16. The van der Waals surface area contributed by atoms with Crippen LogP contribution in [0.5, 0.6) is 0 Å². The van der Waals surface area contributed by atoms with E-state index in [2.05, 4.69) is 14.7 Å². The number of rotatable bonds is 5. The zero-order valence-corrected chi connectivity index (χ0v) is 10.2. The molecular formula is C10H12N4O3S. The maximum atomic E-state index is 11.8. The largest absolute Gasteiger partial charge is 0.366 e. The predicted molar refractivity (Wildman–Crippen MR) is 64.5 cm³/mol. The minimum Gasteiger partial charge on any atom is -0.366 e. The molecular weight excluding hydrogens is 256 g/mol. The number of nitrogens with zero attached hydrogens (tertiary/aromatic N) is 2. The average Bonchev–Trinajstić information content (AvgIpc) is 2.82. The Hall–Kier alpha value is -1.93. The molecule has 18 heavy (non-hydrogen) atoms. The van der Waals surface area contributed by atoms with E-state index < -0.39 is 15.5 Å². The van der Waals surface area contributed by atoms with Crippen LogP contribution in [0, 0.1) is 0 Å². The van der Waals surface area contributed by atoms with E-state index in [9.17, 15) is 13.2 Å². The number of nitrogens with one attached hydrogen (secondary N) is 2. The fourth-order valence-electron chi connectivity index (χ4n) is 1.42. The molecule has 2 heterocycles. The lowest BCUT2D eigenvalue weighted by atomic mass is 10.5. The van der Waals surface area contributed by atoms with Crippen molar-refractivity contribution < 1.29 is 8.42 Å². The minimum absolute atomic E-state index is 0.188. The quantitative estimate of drug-likeness (QED) is 0.767. The molecule has 0 aliphatic carbocycles. The predicted octanol–water partition coefficient (Wildman–Crippen LogP) is -0.450. The average molecular weight is 268 g/mol. The number of pyridine rings is 1. The Bertz CT molecular complexity index is 660. The van der Waals surface area contributed by atoms with Gasteiger partial charge in [0.25, 0.3) is 0 Å². The first kappa shape index (κ1) is 12.5. The Morgan fingerprint density at radius 3 is 2.94 bits per heavy atom. The van der Waals surface area contributed by atoms with E-state index in [1.54, 1.807) is 23.3 Å². The summed E-state index contributed by atoms with van der Waals surface area (Å²) in [5.41, 5.74) is -0.538. The molecule has 0 bridgehead atoms. The first-order valence-corrected chi connectivity index (χ1v) is 6.70. The van der Waals surface area contributed by atoms with Crippen LogP contribution < -0.4 is 10.2 Å². The number of hydrogen-bond acceptors (Lipinski definition) is 4. The van der Waals surface area contributed by atoms with Crippen molar-refractivity contribution in [3.05, 3.63) is 47.4 Å². The highest BCUT2D eigenvalue weighted by molar-refractivity contribution is 7.89. The lowest BCUT2D eigenvalue weighted by Gasteiger charge is -2.06. The summed E-state index contributed by atoms with van der Waals surface area (Å²) in [6.07, 6.45) is 7.47. The van der Waals surface area contributed by atoms with E-state index in [1.807, 2.05) is 0 Å². The topological polar surface area (TPSA) is 96.9 Å². The van der Waals surface area contributed by atoms with Crippen LogP contribution >= 0.6 is 0 Å². The van der Waals surface area contributed by atoms with E-state index >= 15 is 0 Å². The number of imidazole rings is 1. The maximum absolute atomic E-state index is 11.8. The molecule has 0 fully saturated rings. The van der Waals surface area contributed by atoms with E-state index in [0.29, 0.717) is 6.54 Å². The molecule has 0 saturated carbocycles. The molecule has 0 spiro atoms. The van der Waals surface area contributed by atoms with E-state index in [4.69, 9.17) is 0 Å². The molecule has 0 atom stereocenters. The smallest absolute Gasteiger partial charge is 0.245 e. The van der Waals surface area contributed by atoms with Gasteiger partial charge in [-0.3, -0.25) is 4.79 Å². The maximum Gasteiger partial charge on any atom is 0.245 e. The van der Waals surface area contributed by atoms with Gasteiger partial charge in [0, 0.05) is 43.9 Å². The second-order valence-electron chi connectivity index (χ2n) is 3.57. The number of H-pyrrole nitrogens is 1. The zero-order valence-electron chi connectivity index (χ0n) is 9.41. The standard InChI is InChI=1S/C10H12N4O3S/c15-9-1-2-11-7-10(9)18(16,17)13-4-6-14-5-3-12-8-14/h1-3,5,7-8,13H,4,6H2,(H,11,15). The van der Waals surface area contributed by atoms with Crippen LogP contribution in [0.4, 0.5) is 0 Å². The first-order chi connectivity index (χ1) is 8.59. The Morgan fingerprint density at radius 1 is 1.44 bits per heavy atom. The van der Waals surface area contributed by atoms with E-state index in [1.165, 1.54) is 18.5 Å². The highest BCUT2D eigenvalue weighted by Crippen LogP contribution is 1.99. The molecule has 0 amide bonds. The van der Waals surface area contributed by atoms with Gasteiger partial charge >= 0.3 is 0 Å². The van der Waals surface area contributed by atoms with Crippen molar-refractivity contribution >= 4 is 10.0 Å². The molecule has 0 aliphatic heterocycles. The van der Waals surface area contributed by atoms with Crippen molar-refractivity contribution in [1.29, 1.82) is 0 Å². The summed E-state index contributed by atoms with van der Waals surface area (Å²) in [4.78, 5) is 17.5. The number of hydrogen-bond donors (Lipinski definition) is 2. The molecule has 0 radical (unpaired) electrons. The van der Waals surface area contributed by atoms with E-state index in [-0.39, 0.29) is 11.4 Å². The van der Waals surface area contributed by atoms with Gasteiger partial charge in [0.2, 0.25) is 15.5 Å². The van der Waals surface area contributed by atoms with Gasteiger partial charge in [-0.25, -0.2) is 18.1 Å². The monoisotopic (exact) mass is 268 g/mol. The number of aromatic nitrogens is 3. The Balaban J connectivity index is 2.04. The summed E-state index contributed by atoms with van der Waals surface area (Å²) < 4.78 is 27.7. The summed E-state index contributed by atoms with van der Waals surface area (Å²) >= 11 is 0. The van der Waals surface area contributed by atoms with Crippen LogP contribution in [0.2, 0.25) is 0 Å². The van der Waals surface area contributed by atoms with Gasteiger partial charge in [0.15, 0.2) is 0 Å². The molecule has 2 aromatic heterocycles. The molecule has 2 N–H and O–H groups in total. The Kier molecular flexibility index (Phi) is 3.58. The summed E-state index contributed by atoms with van der Waals surface area (Å²) in [6.45, 7) is 0.636. The van der Waals surface area contributed by atoms with Crippen LogP contribution in [0.1, 0.15) is 0 Å². The first-order valence-electron chi connectivity index (χ1n) is 5.22. The van der Waals surface area contributed by atoms with Crippen LogP contribution in [0.15, 0.2) is 46.9 Å². The Morgan fingerprint density at radius 2 is 2.28 bits per heavy atom. The Labute approximate surface area is 104 Å². The number of sulfonamides is 1. The molecule has 8 heteroatoms. The molecule has 0 aromatic carbocycles. The van der Waals surface area contributed by atoms with Gasteiger partial charge in [-0.1, -0.05) is 0 Å². The summed E-state index contributed by atoms with van der Waals surface area (Å²) in [5.74, 6) is 0. The fraction of sp³-hybridized carbons (Fsp3) is 0.200. The van der Waals surface area contributed by atoms with Gasteiger partial charge < -0.3 is 9.55 Å². The second kappa shape index (κ2) is 5.15. The summed E-state index contributed by atoms with van der Waals surface area (Å²) in [6, 6.07) is 1.17. The number of aromatic amines is 1. The second-order valence-corrected chi connectivity index (χ2v) is 5.31. The fourth-order valence-corrected chi connectivity index (χ4v) is 2.49. The van der Waals surface area contributed by atoms with Crippen molar-refractivity contribution in [3.8, 4) is 0 Å². The van der Waals surface area contributed by atoms with Crippen molar-refractivity contribution in [3.63, 3.8) is 0 Å². The van der Waals surface area contributed by atoms with Crippen molar-refractivity contribution in [2.24, 2.45) is 0 Å². The zero-order chi connectivity index (χ0) is 13.0. The molecule has 0 unspecified atom stereocenters. The van der Waals surface area contributed by atoms with Crippen LogP contribution in [0.25, 0.3) is 0 Å². The SMILES string of the molecule is O=c1cc[nH]cc1S(=O)(=O)NCCn1ccnc1. The van der Waals surface area contributed by atoms with Gasteiger partial charge in [0.05, 0.1) is 6.33 Å². The van der Waals surface area contributed by atoms with Gasteiger partial charge in [-0.15, -0.1) is 0 Å². The lowest BCUT2D eigenvalue weighted by Crippen LogP contribution is -2.30. The lowest BCUT2D eigenvalue weighted by molar-refractivity contribution is 0.571. The van der Waals surface area contributed by atoms with Gasteiger partial charge in [-0.2, -0.15) is 0 Å². The molecule has 2 aromatic rings. The van der Waals surface area contributed by atoms with Crippen molar-refractivity contribution in [2.45, 2.75) is 11.4 Å². The highest BCUT2D eigenvalue weighted by atomic mass is 32.2. The molecule has 2 rings (SSSR count). The summed E-state index contributed by atoms with van der Waals surface area (Å²) in [7, 11) is -3.77.